The van der Waals surface area contributed by atoms with Gasteiger partial charge in [0, 0.05) is 11.1 Å². The van der Waals surface area contributed by atoms with Gasteiger partial charge in [-0.15, -0.1) is 0 Å². The first-order chi connectivity index (χ1) is 15.0. The number of nitrogens with zero attached hydrogens (tertiary/aromatic N) is 3. The molecule has 1 aliphatic rings. The highest BCUT2D eigenvalue weighted by atomic mass is 32.2. The summed E-state index contributed by atoms with van der Waals surface area (Å²) in [5, 5.41) is 0.0710. The quantitative estimate of drug-likeness (QED) is 0.477. The second-order valence-corrected chi connectivity index (χ2v) is 9.48. The molecular formula is C25H21N3O2S. The standard InChI is InChI=1S/C25H21N3O2S/c1-17-12-14-20(15-13-17)31(29,30)25-23-16-26-24(19-8-4-3-5-9-19)21-10-6-7-11-22(21)28(23)18(2)27-25/h3-15H,16H2,1-2H3. The Bertz CT molecular complexity index is 1420. The number of aromatic nitrogens is 2. The minimum absolute atomic E-state index is 0.0710. The number of hydrogen-bond donors (Lipinski definition) is 0. The van der Waals surface area contributed by atoms with Crippen molar-refractivity contribution < 1.29 is 8.42 Å². The van der Waals surface area contributed by atoms with Crippen LogP contribution in [0.2, 0.25) is 0 Å². The first kappa shape index (κ1) is 19.5. The first-order valence-electron chi connectivity index (χ1n) is 10.1. The Hall–Kier alpha value is -3.51. The molecule has 0 unspecified atom stereocenters. The van der Waals surface area contributed by atoms with Gasteiger partial charge in [-0.05, 0) is 32.0 Å². The van der Waals surface area contributed by atoms with Gasteiger partial charge >= 0.3 is 0 Å². The van der Waals surface area contributed by atoms with Crippen molar-refractivity contribution in [3.63, 3.8) is 0 Å². The summed E-state index contributed by atoms with van der Waals surface area (Å²) in [7, 11) is -3.78. The number of aryl methyl sites for hydroxylation is 2. The Balaban J connectivity index is 1.74. The SMILES string of the molecule is Cc1ccc(S(=O)(=O)c2nc(C)n3c2CN=C(c2ccccc2)c2ccccc2-3)cc1. The molecule has 2 heterocycles. The summed E-state index contributed by atoms with van der Waals surface area (Å²) >= 11 is 0. The molecule has 3 aromatic carbocycles. The van der Waals surface area contributed by atoms with Gasteiger partial charge in [-0.1, -0.05) is 66.2 Å². The molecule has 5 nitrogen and oxygen atoms in total. The van der Waals surface area contributed by atoms with Crippen LogP contribution in [0.15, 0.2) is 93.8 Å². The highest BCUT2D eigenvalue weighted by molar-refractivity contribution is 7.91. The molecule has 5 rings (SSSR count). The van der Waals surface area contributed by atoms with Crippen LogP contribution in [-0.2, 0) is 16.4 Å². The highest BCUT2D eigenvalue weighted by Crippen LogP contribution is 2.32. The zero-order valence-electron chi connectivity index (χ0n) is 17.3. The summed E-state index contributed by atoms with van der Waals surface area (Å²) in [5.74, 6) is 0.623. The van der Waals surface area contributed by atoms with Crippen molar-refractivity contribution in [1.29, 1.82) is 0 Å². The number of para-hydroxylation sites is 1. The van der Waals surface area contributed by atoms with Gasteiger partial charge < -0.3 is 0 Å². The van der Waals surface area contributed by atoms with Gasteiger partial charge in [0.25, 0.3) is 0 Å². The molecule has 0 bridgehead atoms. The van der Waals surface area contributed by atoms with Crippen LogP contribution < -0.4 is 0 Å². The van der Waals surface area contributed by atoms with E-state index in [1.165, 1.54) is 0 Å². The summed E-state index contributed by atoms with van der Waals surface area (Å²) < 4.78 is 28.9. The van der Waals surface area contributed by atoms with Crippen LogP contribution in [0.25, 0.3) is 5.69 Å². The second-order valence-electron chi connectivity index (χ2n) is 7.61. The van der Waals surface area contributed by atoms with E-state index < -0.39 is 9.84 Å². The Morgan fingerprint density at radius 1 is 0.839 bits per heavy atom. The maximum Gasteiger partial charge on any atom is 0.225 e. The molecule has 0 atom stereocenters. The number of sulfone groups is 1. The van der Waals surface area contributed by atoms with Crippen LogP contribution in [0.4, 0.5) is 0 Å². The fraction of sp³-hybridized carbons (Fsp3) is 0.120. The molecule has 1 aromatic heterocycles. The molecule has 0 saturated heterocycles. The molecule has 0 saturated carbocycles. The number of benzene rings is 3. The highest BCUT2D eigenvalue weighted by Gasteiger charge is 2.30. The van der Waals surface area contributed by atoms with Crippen molar-refractivity contribution in [2.75, 3.05) is 0 Å². The lowest BCUT2D eigenvalue weighted by atomic mass is 10.0. The predicted molar refractivity (Wildman–Crippen MR) is 121 cm³/mol. The van der Waals surface area contributed by atoms with Crippen molar-refractivity contribution >= 4 is 15.5 Å². The zero-order chi connectivity index (χ0) is 21.6. The van der Waals surface area contributed by atoms with E-state index in [1.807, 2.05) is 73.0 Å². The van der Waals surface area contributed by atoms with Gasteiger partial charge in [-0.2, -0.15) is 0 Å². The number of hydrogen-bond acceptors (Lipinski definition) is 4. The smallest absolute Gasteiger partial charge is 0.225 e. The number of aliphatic imine (C=N–C) groups is 1. The minimum atomic E-state index is -3.78. The average molecular weight is 428 g/mol. The van der Waals surface area contributed by atoms with E-state index in [4.69, 9.17) is 4.99 Å². The summed E-state index contributed by atoms with van der Waals surface area (Å²) in [4.78, 5) is 9.61. The van der Waals surface area contributed by atoms with Crippen molar-refractivity contribution in [1.82, 2.24) is 9.55 Å². The molecule has 31 heavy (non-hydrogen) atoms. The van der Waals surface area contributed by atoms with E-state index >= 15 is 0 Å². The fourth-order valence-corrected chi connectivity index (χ4v) is 5.44. The molecule has 0 spiro atoms. The van der Waals surface area contributed by atoms with E-state index in [0.717, 1.165) is 28.1 Å². The molecule has 0 fully saturated rings. The fourth-order valence-electron chi connectivity index (χ4n) is 4.01. The van der Waals surface area contributed by atoms with Gasteiger partial charge in [0.05, 0.1) is 28.5 Å². The summed E-state index contributed by atoms with van der Waals surface area (Å²) in [6.45, 7) is 3.99. The van der Waals surface area contributed by atoms with Crippen LogP contribution in [0, 0.1) is 13.8 Å². The van der Waals surface area contributed by atoms with Crippen LogP contribution in [0.1, 0.15) is 28.2 Å². The van der Waals surface area contributed by atoms with Crippen LogP contribution in [0.5, 0.6) is 0 Å². The number of fused-ring (bicyclic) bond motifs is 3. The minimum Gasteiger partial charge on any atom is -0.297 e. The third-order valence-corrected chi connectivity index (χ3v) is 7.25. The lowest BCUT2D eigenvalue weighted by Crippen LogP contribution is -2.08. The molecule has 154 valence electrons. The van der Waals surface area contributed by atoms with E-state index in [-0.39, 0.29) is 16.5 Å². The second kappa shape index (κ2) is 7.32. The third kappa shape index (κ3) is 3.20. The largest absolute Gasteiger partial charge is 0.297 e. The Labute approximate surface area is 181 Å². The lowest BCUT2D eigenvalue weighted by Gasteiger charge is -2.13. The summed E-state index contributed by atoms with van der Waals surface area (Å²) in [5.41, 5.74) is 5.26. The van der Waals surface area contributed by atoms with Gasteiger partial charge in [0.15, 0.2) is 5.03 Å². The molecule has 1 aliphatic heterocycles. The number of imidazole rings is 1. The van der Waals surface area contributed by atoms with Gasteiger partial charge in [0.1, 0.15) is 5.82 Å². The molecular weight excluding hydrogens is 406 g/mol. The monoisotopic (exact) mass is 427 g/mol. The molecule has 0 amide bonds. The molecule has 6 heteroatoms. The van der Waals surface area contributed by atoms with Crippen LogP contribution >= 0.6 is 0 Å². The van der Waals surface area contributed by atoms with E-state index in [0.29, 0.717) is 11.5 Å². The summed E-state index contributed by atoms with van der Waals surface area (Å²) in [6, 6.07) is 24.8. The van der Waals surface area contributed by atoms with Gasteiger partial charge in [-0.3, -0.25) is 9.56 Å². The Kier molecular flexibility index (Phi) is 4.59. The number of rotatable bonds is 3. The molecule has 0 N–H and O–H groups in total. The van der Waals surface area contributed by atoms with E-state index in [2.05, 4.69) is 4.98 Å². The van der Waals surface area contributed by atoms with E-state index in [1.54, 1.807) is 24.3 Å². The van der Waals surface area contributed by atoms with Crippen molar-refractivity contribution in [2.24, 2.45) is 4.99 Å². The predicted octanol–water partition coefficient (Wildman–Crippen LogP) is 4.67. The maximum atomic E-state index is 13.5. The van der Waals surface area contributed by atoms with Crippen LogP contribution in [-0.4, -0.2) is 23.7 Å². The van der Waals surface area contributed by atoms with Crippen molar-refractivity contribution in [3.05, 3.63) is 107 Å². The normalized spacial score (nSPS) is 13.2. The molecule has 4 aromatic rings. The van der Waals surface area contributed by atoms with Crippen molar-refractivity contribution in [2.45, 2.75) is 30.3 Å². The van der Waals surface area contributed by atoms with Gasteiger partial charge in [-0.25, -0.2) is 13.4 Å². The third-order valence-electron chi connectivity index (χ3n) is 5.52. The zero-order valence-corrected chi connectivity index (χ0v) is 18.1. The average Bonchev–Trinajstić information content (AvgIpc) is 3.02. The van der Waals surface area contributed by atoms with Gasteiger partial charge in [0.2, 0.25) is 9.84 Å². The Morgan fingerprint density at radius 2 is 1.52 bits per heavy atom. The van der Waals surface area contributed by atoms with Crippen molar-refractivity contribution in [3.8, 4) is 5.69 Å². The van der Waals surface area contributed by atoms with E-state index in [9.17, 15) is 8.42 Å². The lowest BCUT2D eigenvalue weighted by molar-refractivity contribution is 0.591. The Morgan fingerprint density at radius 3 is 2.26 bits per heavy atom. The van der Waals surface area contributed by atoms with Crippen LogP contribution in [0.3, 0.4) is 0 Å². The molecule has 0 radical (unpaired) electrons. The molecule has 0 aliphatic carbocycles. The topological polar surface area (TPSA) is 64.3 Å². The maximum absolute atomic E-state index is 13.5. The first-order valence-corrected chi connectivity index (χ1v) is 11.5. The summed E-state index contributed by atoms with van der Waals surface area (Å²) in [6.07, 6.45) is 0.